The summed E-state index contributed by atoms with van der Waals surface area (Å²) in [5.74, 6) is 1.86. The van der Waals surface area contributed by atoms with Crippen molar-refractivity contribution in [3.05, 3.63) is 95.8 Å². The van der Waals surface area contributed by atoms with E-state index in [4.69, 9.17) is 4.98 Å². The van der Waals surface area contributed by atoms with Gasteiger partial charge in [0.25, 0.3) is 0 Å². The highest BCUT2D eigenvalue weighted by Gasteiger charge is 2.23. The summed E-state index contributed by atoms with van der Waals surface area (Å²) >= 11 is 0. The van der Waals surface area contributed by atoms with Gasteiger partial charge in [-0.25, -0.2) is 9.97 Å². The predicted octanol–water partition coefficient (Wildman–Crippen LogP) is 5.57. The van der Waals surface area contributed by atoms with Crippen molar-refractivity contribution in [3.8, 4) is 22.8 Å². The molecule has 0 bridgehead atoms. The number of fused-ring (bicyclic) bond motifs is 2. The molecule has 1 atom stereocenters. The van der Waals surface area contributed by atoms with Gasteiger partial charge < -0.3 is 9.97 Å². The summed E-state index contributed by atoms with van der Waals surface area (Å²) in [6.45, 7) is 4.21. The highest BCUT2D eigenvalue weighted by molar-refractivity contribution is 5.79. The molecule has 0 saturated carbocycles. The molecule has 2 N–H and O–H groups in total. The van der Waals surface area contributed by atoms with Gasteiger partial charge in [-0.1, -0.05) is 42.5 Å². The Morgan fingerprint density at radius 3 is 2.72 bits per heavy atom. The number of aromatic nitrogens is 4. The van der Waals surface area contributed by atoms with Crippen LogP contribution in [-0.4, -0.2) is 30.9 Å². The summed E-state index contributed by atoms with van der Waals surface area (Å²) in [5, 5.41) is 0. The van der Waals surface area contributed by atoms with Crippen molar-refractivity contribution in [2.45, 2.75) is 32.5 Å². The minimum Gasteiger partial charge on any atom is -0.345 e. The molecule has 3 aromatic carbocycles. The van der Waals surface area contributed by atoms with Crippen molar-refractivity contribution < 1.29 is 0 Å². The van der Waals surface area contributed by atoms with Gasteiger partial charge >= 0.3 is 0 Å². The molecule has 5 aromatic rings. The first kappa shape index (κ1) is 19.0. The molecule has 5 heteroatoms. The number of hydrogen-bond donors (Lipinski definition) is 2. The Labute approximate surface area is 187 Å². The van der Waals surface area contributed by atoms with E-state index >= 15 is 0 Å². The number of hydrogen-bond acceptors (Lipinski definition) is 3. The SMILES string of the molecule is CC1Cc2cc(-c3ncc[nH]3)ccc2CN1Cc1cccc(-c2nc3ccccc3[nH]2)c1. The van der Waals surface area contributed by atoms with E-state index in [-0.39, 0.29) is 0 Å². The number of rotatable bonds is 4. The van der Waals surface area contributed by atoms with Crippen molar-refractivity contribution in [1.29, 1.82) is 0 Å². The minimum absolute atomic E-state index is 0.476. The third-order valence-corrected chi connectivity index (χ3v) is 6.47. The third kappa shape index (κ3) is 3.51. The van der Waals surface area contributed by atoms with Crippen LogP contribution in [0.2, 0.25) is 0 Å². The first-order chi connectivity index (χ1) is 15.7. The highest BCUT2D eigenvalue weighted by atomic mass is 15.2. The molecule has 1 aliphatic rings. The maximum absolute atomic E-state index is 4.77. The zero-order valence-corrected chi connectivity index (χ0v) is 18.0. The average Bonchev–Trinajstić information content (AvgIpc) is 3.50. The zero-order chi connectivity index (χ0) is 21.5. The van der Waals surface area contributed by atoms with Crippen molar-refractivity contribution in [3.63, 3.8) is 0 Å². The van der Waals surface area contributed by atoms with E-state index in [0.717, 1.165) is 53.3 Å². The summed E-state index contributed by atoms with van der Waals surface area (Å²) in [5.41, 5.74) is 8.52. The molecule has 0 radical (unpaired) electrons. The molecular formula is C27H25N5. The van der Waals surface area contributed by atoms with Crippen LogP contribution in [0.3, 0.4) is 0 Å². The lowest BCUT2D eigenvalue weighted by Gasteiger charge is -2.35. The molecule has 158 valence electrons. The molecule has 1 unspecified atom stereocenters. The Bertz CT molecular complexity index is 1350. The second-order valence-corrected chi connectivity index (χ2v) is 8.68. The van der Waals surface area contributed by atoms with E-state index in [1.807, 2.05) is 24.4 Å². The van der Waals surface area contributed by atoms with E-state index in [1.165, 1.54) is 16.7 Å². The van der Waals surface area contributed by atoms with Gasteiger partial charge in [0.2, 0.25) is 0 Å². The van der Waals surface area contributed by atoms with E-state index < -0.39 is 0 Å². The fourth-order valence-electron chi connectivity index (χ4n) is 4.72. The second-order valence-electron chi connectivity index (χ2n) is 8.68. The molecule has 1 aliphatic heterocycles. The molecule has 2 aromatic heterocycles. The lowest BCUT2D eigenvalue weighted by molar-refractivity contribution is 0.175. The number of nitrogens with zero attached hydrogens (tertiary/aromatic N) is 3. The van der Waals surface area contributed by atoms with Gasteiger partial charge in [0.1, 0.15) is 11.6 Å². The lowest BCUT2D eigenvalue weighted by Crippen LogP contribution is -2.37. The van der Waals surface area contributed by atoms with Crippen molar-refractivity contribution in [2.24, 2.45) is 0 Å². The van der Waals surface area contributed by atoms with E-state index in [0.29, 0.717) is 6.04 Å². The summed E-state index contributed by atoms with van der Waals surface area (Å²) in [4.78, 5) is 18.4. The topological polar surface area (TPSA) is 60.6 Å². The second kappa shape index (κ2) is 7.77. The van der Waals surface area contributed by atoms with Crippen LogP contribution in [-0.2, 0) is 19.5 Å². The monoisotopic (exact) mass is 419 g/mol. The van der Waals surface area contributed by atoms with Crippen molar-refractivity contribution >= 4 is 11.0 Å². The molecule has 0 fully saturated rings. The van der Waals surface area contributed by atoms with Crippen molar-refractivity contribution in [1.82, 2.24) is 24.8 Å². The average molecular weight is 420 g/mol. The van der Waals surface area contributed by atoms with Crippen LogP contribution in [0.1, 0.15) is 23.6 Å². The molecule has 5 nitrogen and oxygen atoms in total. The number of nitrogens with one attached hydrogen (secondary N) is 2. The van der Waals surface area contributed by atoms with Crippen LogP contribution in [0.5, 0.6) is 0 Å². The minimum atomic E-state index is 0.476. The van der Waals surface area contributed by atoms with Crippen LogP contribution < -0.4 is 0 Å². The number of para-hydroxylation sites is 2. The molecule has 32 heavy (non-hydrogen) atoms. The van der Waals surface area contributed by atoms with Gasteiger partial charge in [0.15, 0.2) is 0 Å². The summed E-state index contributed by atoms with van der Waals surface area (Å²) in [6.07, 6.45) is 4.73. The molecular weight excluding hydrogens is 394 g/mol. The zero-order valence-electron chi connectivity index (χ0n) is 18.0. The van der Waals surface area contributed by atoms with Gasteiger partial charge in [-0.05, 0) is 54.3 Å². The van der Waals surface area contributed by atoms with Crippen LogP contribution >= 0.6 is 0 Å². The molecule has 3 heterocycles. The number of benzene rings is 3. The van der Waals surface area contributed by atoms with Crippen LogP contribution in [0.25, 0.3) is 33.8 Å². The van der Waals surface area contributed by atoms with Gasteiger partial charge in [-0.3, -0.25) is 4.90 Å². The maximum Gasteiger partial charge on any atom is 0.138 e. The molecule has 0 aliphatic carbocycles. The third-order valence-electron chi connectivity index (χ3n) is 6.47. The lowest BCUT2D eigenvalue weighted by atomic mass is 9.92. The normalized spacial score (nSPS) is 16.3. The predicted molar refractivity (Wildman–Crippen MR) is 128 cm³/mol. The Kier molecular flexibility index (Phi) is 4.62. The number of imidazole rings is 2. The summed E-state index contributed by atoms with van der Waals surface area (Å²) < 4.78 is 0. The molecule has 0 spiro atoms. The van der Waals surface area contributed by atoms with Crippen LogP contribution in [0, 0.1) is 0 Å². The number of aromatic amines is 2. The Morgan fingerprint density at radius 2 is 1.84 bits per heavy atom. The summed E-state index contributed by atoms with van der Waals surface area (Å²) in [7, 11) is 0. The largest absolute Gasteiger partial charge is 0.345 e. The fraction of sp³-hybridized carbons (Fsp3) is 0.185. The number of H-pyrrole nitrogens is 2. The van der Waals surface area contributed by atoms with E-state index in [1.54, 1.807) is 6.20 Å². The highest BCUT2D eigenvalue weighted by Crippen LogP contribution is 2.29. The van der Waals surface area contributed by atoms with E-state index in [2.05, 4.69) is 75.3 Å². The quantitative estimate of drug-likeness (QED) is 0.400. The van der Waals surface area contributed by atoms with Crippen LogP contribution in [0.15, 0.2) is 79.1 Å². The first-order valence-corrected chi connectivity index (χ1v) is 11.1. The van der Waals surface area contributed by atoms with Gasteiger partial charge in [-0.2, -0.15) is 0 Å². The van der Waals surface area contributed by atoms with Gasteiger partial charge in [0, 0.05) is 42.7 Å². The van der Waals surface area contributed by atoms with Gasteiger partial charge in [-0.15, -0.1) is 0 Å². The smallest absolute Gasteiger partial charge is 0.138 e. The maximum atomic E-state index is 4.77. The molecule has 0 saturated heterocycles. The van der Waals surface area contributed by atoms with Gasteiger partial charge in [0.05, 0.1) is 11.0 Å². The first-order valence-electron chi connectivity index (χ1n) is 11.1. The van der Waals surface area contributed by atoms with Crippen molar-refractivity contribution in [2.75, 3.05) is 0 Å². The van der Waals surface area contributed by atoms with E-state index in [9.17, 15) is 0 Å². The molecule has 0 amide bonds. The van der Waals surface area contributed by atoms with Crippen LogP contribution in [0.4, 0.5) is 0 Å². The standard InChI is InChI=1S/C27H25N5/c1-18-13-23-15-21(26-28-11-12-29-26)9-10-22(23)17-32(18)16-19-5-4-6-20(14-19)27-30-24-7-2-3-8-25(24)31-27/h2-12,14-15,18H,13,16-17H2,1H3,(H,28,29)(H,30,31). The molecule has 6 rings (SSSR count). The Hall–Kier alpha value is -3.70. The summed E-state index contributed by atoms with van der Waals surface area (Å²) in [6, 6.07) is 24.1. The Balaban J connectivity index is 1.23. The fourth-order valence-corrected chi connectivity index (χ4v) is 4.72. The Morgan fingerprint density at radius 1 is 0.938 bits per heavy atom.